The minimum absolute atomic E-state index is 0.0245. The number of alkyl halides is 2. The van der Waals surface area contributed by atoms with E-state index in [1.807, 2.05) is 4.90 Å². The van der Waals surface area contributed by atoms with E-state index in [0.29, 0.717) is 25.9 Å². The highest BCUT2D eigenvalue weighted by atomic mass is 19.3. The number of hydrogen-bond acceptors (Lipinski definition) is 3. The Labute approximate surface area is 109 Å². The molecule has 2 N–H and O–H groups in total. The van der Waals surface area contributed by atoms with Crippen molar-refractivity contribution in [3.05, 3.63) is 24.0 Å². The maximum atomic E-state index is 13.3. The summed E-state index contributed by atoms with van der Waals surface area (Å²) in [6, 6.07) is 3.39. The molecule has 1 aromatic heterocycles. The number of nitrogens with zero attached hydrogens (tertiary/aromatic N) is 2. The minimum atomic E-state index is -2.48. The van der Waals surface area contributed by atoms with Crippen LogP contribution in [-0.4, -0.2) is 29.9 Å². The van der Waals surface area contributed by atoms with Gasteiger partial charge in [0.2, 0.25) is 0 Å². The van der Waals surface area contributed by atoms with Crippen LogP contribution in [0, 0.1) is 5.41 Å². The molecule has 0 aromatic carbocycles. The van der Waals surface area contributed by atoms with E-state index >= 15 is 0 Å². The van der Waals surface area contributed by atoms with Gasteiger partial charge in [-0.2, -0.15) is 0 Å². The molecule has 1 spiro atoms. The second kappa shape index (κ2) is 3.88. The molecular formula is C13H15F2N3O. The lowest BCUT2D eigenvalue weighted by atomic mass is 9.92. The topological polar surface area (TPSA) is 59.2 Å². The summed E-state index contributed by atoms with van der Waals surface area (Å²) in [6.07, 6.45) is 2.53. The summed E-state index contributed by atoms with van der Waals surface area (Å²) in [7, 11) is 0. The maximum absolute atomic E-state index is 13.3. The van der Waals surface area contributed by atoms with Gasteiger partial charge in [-0.05, 0) is 25.0 Å². The van der Waals surface area contributed by atoms with Crippen LogP contribution in [0.25, 0.3) is 0 Å². The highest BCUT2D eigenvalue weighted by Gasteiger charge is 2.70. The van der Waals surface area contributed by atoms with E-state index in [0.717, 1.165) is 5.69 Å². The summed E-state index contributed by atoms with van der Waals surface area (Å²) in [4.78, 5) is 17.0. The molecule has 0 atom stereocenters. The van der Waals surface area contributed by atoms with Gasteiger partial charge in [-0.1, -0.05) is 0 Å². The lowest BCUT2D eigenvalue weighted by molar-refractivity contribution is 0.0537. The molecule has 1 saturated carbocycles. The molecule has 1 saturated heterocycles. The molecule has 1 aliphatic carbocycles. The summed E-state index contributed by atoms with van der Waals surface area (Å²) in [5, 5.41) is 0. The number of amides is 1. The molecule has 0 unspecified atom stereocenters. The number of nitrogens with two attached hydrogens (primary N) is 1. The number of primary amides is 1. The van der Waals surface area contributed by atoms with Crippen molar-refractivity contribution in [3.8, 4) is 0 Å². The first-order valence-electron chi connectivity index (χ1n) is 6.32. The van der Waals surface area contributed by atoms with E-state index in [1.165, 1.54) is 6.20 Å². The molecule has 19 heavy (non-hydrogen) atoms. The van der Waals surface area contributed by atoms with Crippen molar-refractivity contribution in [2.24, 2.45) is 11.1 Å². The Morgan fingerprint density at radius 3 is 2.53 bits per heavy atom. The van der Waals surface area contributed by atoms with Gasteiger partial charge in [0.05, 0.1) is 0 Å². The molecule has 6 heteroatoms. The van der Waals surface area contributed by atoms with Crippen molar-refractivity contribution >= 4 is 11.6 Å². The molecule has 0 radical (unpaired) electrons. The van der Waals surface area contributed by atoms with Gasteiger partial charge in [0.25, 0.3) is 11.8 Å². The number of rotatable bonds is 2. The van der Waals surface area contributed by atoms with Gasteiger partial charge in [-0.3, -0.25) is 9.78 Å². The number of pyridine rings is 1. The second-order valence-electron chi connectivity index (χ2n) is 5.41. The van der Waals surface area contributed by atoms with E-state index in [1.54, 1.807) is 12.1 Å². The van der Waals surface area contributed by atoms with Gasteiger partial charge in [0, 0.05) is 36.8 Å². The molecular weight excluding hydrogens is 252 g/mol. The fourth-order valence-corrected chi connectivity index (χ4v) is 2.87. The van der Waals surface area contributed by atoms with Gasteiger partial charge in [0.1, 0.15) is 5.69 Å². The summed E-state index contributed by atoms with van der Waals surface area (Å²) in [5.41, 5.74) is 5.45. The number of hydrogen-bond donors (Lipinski definition) is 1. The van der Waals surface area contributed by atoms with E-state index in [9.17, 15) is 13.6 Å². The molecule has 2 fully saturated rings. The largest absolute Gasteiger partial charge is 0.371 e. The third kappa shape index (κ3) is 1.95. The van der Waals surface area contributed by atoms with Crippen LogP contribution < -0.4 is 10.6 Å². The summed E-state index contributed by atoms with van der Waals surface area (Å²) in [6.45, 7) is 1.16. The number of halogens is 2. The van der Waals surface area contributed by atoms with E-state index < -0.39 is 17.2 Å². The first kappa shape index (κ1) is 12.3. The lowest BCUT2D eigenvalue weighted by Crippen LogP contribution is -2.36. The Balaban J connectivity index is 1.72. The number of carbonyl (C=O) groups is 1. The predicted molar refractivity (Wildman–Crippen MR) is 66.2 cm³/mol. The standard InChI is InChI=1S/C13H15F2N3O/c14-13(15)8-12(13)2-5-18(6-3-12)9-1-4-17-10(7-9)11(16)19/h1,4,7H,2-3,5-6,8H2,(H2,16,19). The quantitative estimate of drug-likeness (QED) is 0.889. The average molecular weight is 267 g/mol. The first-order chi connectivity index (χ1) is 8.94. The second-order valence-corrected chi connectivity index (χ2v) is 5.41. The Hall–Kier alpha value is -1.72. The SMILES string of the molecule is NC(=O)c1cc(N2CCC3(CC2)CC3(F)F)ccn1. The smallest absolute Gasteiger partial charge is 0.267 e. The number of carbonyl (C=O) groups excluding carboxylic acids is 1. The maximum Gasteiger partial charge on any atom is 0.267 e. The predicted octanol–water partition coefficient (Wildman–Crippen LogP) is 1.81. The summed E-state index contributed by atoms with van der Waals surface area (Å²) in [5.74, 6) is -3.06. The molecule has 4 nitrogen and oxygen atoms in total. The van der Waals surface area contributed by atoms with Crippen molar-refractivity contribution in [2.75, 3.05) is 18.0 Å². The molecule has 3 rings (SSSR count). The Bertz CT molecular complexity index is 524. The first-order valence-corrected chi connectivity index (χ1v) is 6.32. The molecule has 2 heterocycles. The van der Waals surface area contributed by atoms with Gasteiger partial charge in [-0.25, -0.2) is 8.78 Å². The molecule has 0 bridgehead atoms. The number of piperidine rings is 1. The van der Waals surface area contributed by atoms with Gasteiger partial charge in [-0.15, -0.1) is 0 Å². The zero-order valence-electron chi connectivity index (χ0n) is 10.4. The molecule has 102 valence electrons. The fourth-order valence-electron chi connectivity index (χ4n) is 2.87. The van der Waals surface area contributed by atoms with Crippen LogP contribution in [0.4, 0.5) is 14.5 Å². The Morgan fingerprint density at radius 2 is 2.00 bits per heavy atom. The van der Waals surface area contributed by atoms with E-state index in [2.05, 4.69) is 4.98 Å². The Kier molecular flexibility index (Phi) is 2.52. The molecule has 1 aromatic rings. The molecule has 1 amide bonds. The molecule has 1 aliphatic heterocycles. The Morgan fingerprint density at radius 1 is 1.37 bits per heavy atom. The normalized spacial score (nSPS) is 23.4. The summed E-state index contributed by atoms with van der Waals surface area (Å²) < 4.78 is 26.6. The number of aromatic nitrogens is 1. The highest BCUT2D eigenvalue weighted by Crippen LogP contribution is 2.65. The highest BCUT2D eigenvalue weighted by molar-refractivity contribution is 5.91. The average Bonchev–Trinajstić information content (AvgIpc) is 2.91. The van der Waals surface area contributed by atoms with Crippen molar-refractivity contribution in [1.29, 1.82) is 0 Å². The monoisotopic (exact) mass is 267 g/mol. The fraction of sp³-hybridized carbons (Fsp3) is 0.538. The summed E-state index contributed by atoms with van der Waals surface area (Å²) >= 11 is 0. The van der Waals surface area contributed by atoms with Crippen LogP contribution in [-0.2, 0) is 0 Å². The van der Waals surface area contributed by atoms with Crippen molar-refractivity contribution in [3.63, 3.8) is 0 Å². The zero-order valence-corrected chi connectivity index (χ0v) is 10.4. The van der Waals surface area contributed by atoms with Crippen LogP contribution >= 0.6 is 0 Å². The van der Waals surface area contributed by atoms with Gasteiger partial charge in [0.15, 0.2) is 0 Å². The van der Waals surface area contributed by atoms with E-state index in [-0.39, 0.29) is 12.1 Å². The van der Waals surface area contributed by atoms with Crippen LogP contribution in [0.2, 0.25) is 0 Å². The minimum Gasteiger partial charge on any atom is -0.371 e. The van der Waals surface area contributed by atoms with Crippen molar-refractivity contribution in [1.82, 2.24) is 4.98 Å². The number of anilines is 1. The van der Waals surface area contributed by atoms with Crippen LogP contribution in [0.15, 0.2) is 18.3 Å². The van der Waals surface area contributed by atoms with Crippen LogP contribution in [0.1, 0.15) is 29.8 Å². The van der Waals surface area contributed by atoms with Crippen molar-refractivity contribution < 1.29 is 13.6 Å². The third-order valence-electron chi connectivity index (χ3n) is 4.29. The molecule has 2 aliphatic rings. The van der Waals surface area contributed by atoms with E-state index in [4.69, 9.17) is 5.73 Å². The van der Waals surface area contributed by atoms with Gasteiger partial charge >= 0.3 is 0 Å². The van der Waals surface area contributed by atoms with Crippen LogP contribution in [0.3, 0.4) is 0 Å². The van der Waals surface area contributed by atoms with Crippen molar-refractivity contribution in [2.45, 2.75) is 25.2 Å². The van der Waals surface area contributed by atoms with Gasteiger partial charge < -0.3 is 10.6 Å². The zero-order chi connectivity index (χ0) is 13.7. The van der Waals surface area contributed by atoms with Crippen LogP contribution in [0.5, 0.6) is 0 Å². The third-order valence-corrected chi connectivity index (χ3v) is 4.29. The lowest BCUT2D eigenvalue weighted by Gasteiger charge is -2.33.